The number of alkyl halides is 1. The molecule has 2 heterocycles. The molecule has 0 unspecified atom stereocenters. The molecule has 3 aromatic rings. The number of nitrogens with zero attached hydrogens (tertiary/aromatic N) is 1. The fourth-order valence-corrected chi connectivity index (χ4v) is 5.17. The summed E-state index contributed by atoms with van der Waals surface area (Å²) in [6, 6.07) is 22.1. The van der Waals surface area contributed by atoms with Crippen LogP contribution in [0.5, 0.6) is 11.5 Å². The predicted molar refractivity (Wildman–Crippen MR) is 143 cm³/mol. The summed E-state index contributed by atoms with van der Waals surface area (Å²) >= 11 is 0. The van der Waals surface area contributed by atoms with Crippen molar-refractivity contribution in [3.8, 4) is 11.5 Å². The van der Waals surface area contributed by atoms with Crippen molar-refractivity contribution in [2.75, 3.05) is 39.5 Å². The highest BCUT2D eigenvalue weighted by Crippen LogP contribution is 2.47. The van der Waals surface area contributed by atoms with E-state index in [2.05, 4.69) is 17.9 Å². The first kappa shape index (κ1) is 25.5. The van der Waals surface area contributed by atoms with Crippen molar-refractivity contribution in [3.63, 3.8) is 0 Å². The molecule has 2 N–H and O–H groups in total. The maximum atomic E-state index is 12.6. The lowest BCUT2D eigenvalue weighted by molar-refractivity contribution is 0.0668. The van der Waals surface area contributed by atoms with Gasteiger partial charge in [0.1, 0.15) is 24.2 Å². The molecule has 6 heteroatoms. The minimum absolute atomic E-state index is 0.00124. The van der Waals surface area contributed by atoms with Crippen LogP contribution < -0.4 is 9.47 Å². The number of hydrogen-bond donors (Lipinski definition) is 2. The van der Waals surface area contributed by atoms with E-state index in [9.17, 15) is 14.6 Å². The van der Waals surface area contributed by atoms with Crippen molar-refractivity contribution in [2.45, 2.75) is 26.1 Å². The number of benzene rings is 3. The molecule has 2 aliphatic rings. The molecule has 194 valence electrons. The number of aliphatic hydroxyl groups excluding tert-OH is 2. The quantitative estimate of drug-likeness (QED) is 0.405. The Morgan fingerprint density at radius 3 is 2.38 bits per heavy atom. The summed E-state index contributed by atoms with van der Waals surface area (Å²) < 4.78 is 25.2. The van der Waals surface area contributed by atoms with Gasteiger partial charge in [0.05, 0.1) is 13.3 Å². The lowest BCUT2D eigenvalue weighted by Crippen LogP contribution is -2.49. The lowest BCUT2D eigenvalue weighted by atomic mass is 9.85. The van der Waals surface area contributed by atoms with E-state index in [0.29, 0.717) is 13.0 Å². The topological polar surface area (TPSA) is 62.2 Å². The SMILES string of the molecule is CC1=C(c2ccc(CO)cc2)[C@H](c2ccc(OCCN3CC(CF)C3)cc2)Oc2ccc(CCO)cc21. The van der Waals surface area contributed by atoms with E-state index in [-0.39, 0.29) is 31.9 Å². The van der Waals surface area contributed by atoms with Crippen LogP contribution in [0.2, 0.25) is 0 Å². The van der Waals surface area contributed by atoms with Crippen LogP contribution in [0.25, 0.3) is 11.1 Å². The van der Waals surface area contributed by atoms with Crippen molar-refractivity contribution in [1.82, 2.24) is 4.90 Å². The Morgan fingerprint density at radius 2 is 1.70 bits per heavy atom. The van der Waals surface area contributed by atoms with Crippen LogP contribution in [-0.2, 0) is 13.0 Å². The van der Waals surface area contributed by atoms with Gasteiger partial charge in [0.25, 0.3) is 0 Å². The molecule has 1 saturated heterocycles. The fraction of sp³-hybridized carbons (Fsp3) is 0.355. The molecule has 0 aromatic heterocycles. The van der Waals surface area contributed by atoms with Gasteiger partial charge in [-0.05, 0) is 65.4 Å². The zero-order valence-electron chi connectivity index (χ0n) is 21.2. The van der Waals surface area contributed by atoms with E-state index in [1.165, 1.54) is 0 Å². The van der Waals surface area contributed by atoms with Crippen molar-refractivity contribution in [2.24, 2.45) is 5.92 Å². The smallest absolute Gasteiger partial charge is 0.150 e. The second-order valence-electron chi connectivity index (χ2n) is 9.89. The monoisotopic (exact) mass is 503 g/mol. The Kier molecular flexibility index (Phi) is 7.89. The Bertz CT molecular complexity index is 1230. The highest BCUT2D eigenvalue weighted by Gasteiger charge is 2.30. The zero-order chi connectivity index (χ0) is 25.8. The Balaban J connectivity index is 1.39. The fourth-order valence-electron chi connectivity index (χ4n) is 5.17. The van der Waals surface area contributed by atoms with Crippen molar-refractivity contribution >= 4 is 11.1 Å². The van der Waals surface area contributed by atoms with E-state index in [1.54, 1.807) is 0 Å². The lowest BCUT2D eigenvalue weighted by Gasteiger charge is -2.37. The molecule has 1 atom stereocenters. The van der Waals surface area contributed by atoms with Crippen LogP contribution in [0.4, 0.5) is 4.39 Å². The van der Waals surface area contributed by atoms with Crippen LogP contribution in [0.3, 0.4) is 0 Å². The Hall–Kier alpha value is -3.19. The van der Waals surface area contributed by atoms with Crippen molar-refractivity contribution in [3.05, 3.63) is 94.5 Å². The van der Waals surface area contributed by atoms with Gasteiger partial charge in [0.2, 0.25) is 0 Å². The molecule has 5 nitrogen and oxygen atoms in total. The normalized spacial score (nSPS) is 17.8. The number of rotatable bonds is 10. The number of hydrogen-bond acceptors (Lipinski definition) is 5. The molecule has 0 bridgehead atoms. The first-order chi connectivity index (χ1) is 18.1. The summed E-state index contributed by atoms with van der Waals surface area (Å²) in [7, 11) is 0. The minimum atomic E-state index is -0.302. The second kappa shape index (κ2) is 11.5. The minimum Gasteiger partial charge on any atom is -0.492 e. The standard InChI is InChI=1S/C31H34FNO4/c1-21-28-16-22(12-14-34)4-11-29(28)37-31(30(21)25-5-2-23(20-35)3-6-25)26-7-9-27(10-8-26)36-15-13-33-18-24(17-32)19-33/h2-11,16,24,31,34-35H,12-15,17-20H2,1H3/t31-/m0/s1. The van der Waals surface area contributed by atoms with Crippen molar-refractivity contribution in [1.29, 1.82) is 0 Å². The van der Waals surface area contributed by atoms with Gasteiger partial charge >= 0.3 is 0 Å². The molecule has 0 radical (unpaired) electrons. The predicted octanol–water partition coefficient (Wildman–Crippen LogP) is 5.06. The third kappa shape index (κ3) is 5.57. The maximum absolute atomic E-state index is 12.6. The van der Waals surface area contributed by atoms with E-state index < -0.39 is 0 Å². The number of halogens is 1. The van der Waals surface area contributed by atoms with E-state index >= 15 is 0 Å². The van der Waals surface area contributed by atoms with Crippen LogP contribution in [0.1, 0.15) is 40.8 Å². The molecule has 0 aliphatic carbocycles. The average Bonchev–Trinajstić information content (AvgIpc) is 2.91. The van der Waals surface area contributed by atoms with E-state index in [0.717, 1.165) is 70.1 Å². The third-order valence-electron chi connectivity index (χ3n) is 7.32. The molecule has 2 aliphatic heterocycles. The zero-order valence-corrected chi connectivity index (χ0v) is 21.2. The van der Waals surface area contributed by atoms with Gasteiger partial charge < -0.3 is 19.7 Å². The average molecular weight is 504 g/mol. The molecular weight excluding hydrogens is 469 g/mol. The highest BCUT2D eigenvalue weighted by molar-refractivity contribution is 5.95. The van der Waals surface area contributed by atoms with Crippen LogP contribution in [0.15, 0.2) is 66.7 Å². The molecule has 0 saturated carbocycles. The Labute approximate surface area is 217 Å². The molecule has 5 rings (SSSR count). The summed E-state index contributed by atoms with van der Waals surface area (Å²) in [5.74, 6) is 1.80. The molecule has 1 fully saturated rings. The Morgan fingerprint density at radius 1 is 0.973 bits per heavy atom. The molecule has 0 amide bonds. The number of aliphatic hydroxyl groups is 2. The molecule has 37 heavy (non-hydrogen) atoms. The first-order valence-corrected chi connectivity index (χ1v) is 12.9. The molecule has 0 spiro atoms. The van der Waals surface area contributed by atoms with Gasteiger partial charge in [-0.3, -0.25) is 9.29 Å². The number of likely N-dealkylation sites (tertiary alicyclic amines) is 1. The summed E-state index contributed by atoms with van der Waals surface area (Å²) in [5.41, 5.74) is 7.23. The van der Waals surface area contributed by atoms with Gasteiger partial charge in [-0.2, -0.15) is 0 Å². The van der Waals surface area contributed by atoms with Crippen LogP contribution in [-0.4, -0.2) is 54.6 Å². The number of allylic oxidation sites excluding steroid dienone is 1. The van der Waals surface area contributed by atoms with Gasteiger partial charge in [0.15, 0.2) is 0 Å². The molecular formula is C31H34FNO4. The van der Waals surface area contributed by atoms with Gasteiger partial charge in [0, 0.05) is 43.3 Å². The summed E-state index contributed by atoms with van der Waals surface area (Å²) in [6.07, 6.45) is 0.295. The molecule has 3 aromatic carbocycles. The number of ether oxygens (including phenoxy) is 2. The largest absolute Gasteiger partial charge is 0.492 e. The van der Waals surface area contributed by atoms with E-state index in [4.69, 9.17) is 9.47 Å². The summed E-state index contributed by atoms with van der Waals surface area (Å²) in [4.78, 5) is 2.21. The van der Waals surface area contributed by atoms with Crippen LogP contribution >= 0.6 is 0 Å². The number of fused-ring (bicyclic) bond motifs is 1. The first-order valence-electron chi connectivity index (χ1n) is 12.9. The summed E-state index contributed by atoms with van der Waals surface area (Å²) in [6.45, 7) is 4.98. The van der Waals surface area contributed by atoms with Gasteiger partial charge in [-0.1, -0.05) is 42.5 Å². The maximum Gasteiger partial charge on any atom is 0.150 e. The highest BCUT2D eigenvalue weighted by atomic mass is 19.1. The third-order valence-corrected chi connectivity index (χ3v) is 7.32. The van der Waals surface area contributed by atoms with Crippen LogP contribution in [0, 0.1) is 5.92 Å². The van der Waals surface area contributed by atoms with E-state index in [1.807, 2.05) is 60.7 Å². The second-order valence-corrected chi connectivity index (χ2v) is 9.89. The van der Waals surface area contributed by atoms with Gasteiger partial charge in [-0.25, -0.2) is 0 Å². The van der Waals surface area contributed by atoms with Crippen molar-refractivity contribution < 1.29 is 24.1 Å². The van der Waals surface area contributed by atoms with Gasteiger partial charge in [-0.15, -0.1) is 0 Å². The summed E-state index contributed by atoms with van der Waals surface area (Å²) in [5, 5.41) is 18.9.